The molecule has 1 saturated heterocycles. The number of unbranched alkanes of at least 4 members (excludes halogenated alkanes) is 1. The summed E-state index contributed by atoms with van der Waals surface area (Å²) in [5.74, 6) is 6.17. The molecule has 1 heterocycles. The predicted octanol–water partition coefficient (Wildman–Crippen LogP) is 0.680. The summed E-state index contributed by atoms with van der Waals surface area (Å²) in [5, 5.41) is 3.22. The molecular weight excluding hydrogens is 214 g/mol. The lowest BCUT2D eigenvalue weighted by molar-refractivity contribution is 0.273. The molecule has 1 rings (SSSR count). The maximum atomic E-state index is 5.45. The van der Waals surface area contributed by atoms with E-state index >= 15 is 0 Å². The van der Waals surface area contributed by atoms with Gasteiger partial charge in [0.25, 0.3) is 0 Å². The molecule has 0 bridgehead atoms. The second kappa shape index (κ2) is 8.31. The Labute approximate surface area is 105 Å². The fraction of sp³-hybridized carbons (Fsp3) is 0.917. The molecule has 1 unspecified atom stereocenters. The quantitative estimate of drug-likeness (QED) is 0.210. The third-order valence-electron chi connectivity index (χ3n) is 3.32. The van der Waals surface area contributed by atoms with Gasteiger partial charge in [-0.1, -0.05) is 20.3 Å². The molecule has 1 fully saturated rings. The van der Waals surface area contributed by atoms with E-state index in [9.17, 15) is 0 Å². The summed E-state index contributed by atoms with van der Waals surface area (Å²) < 4.78 is 0. The van der Waals surface area contributed by atoms with E-state index in [2.05, 4.69) is 34.5 Å². The van der Waals surface area contributed by atoms with Crippen LogP contribution >= 0.6 is 0 Å². The summed E-state index contributed by atoms with van der Waals surface area (Å²) in [6, 6.07) is 0.594. The lowest BCUT2D eigenvalue weighted by Gasteiger charge is -2.21. The second-order valence-electron chi connectivity index (χ2n) is 4.54. The number of nitrogens with one attached hydrogen (secondary N) is 2. The molecule has 0 aromatic carbocycles. The van der Waals surface area contributed by atoms with Crippen molar-refractivity contribution in [2.75, 3.05) is 26.2 Å². The monoisotopic (exact) mass is 241 g/mol. The van der Waals surface area contributed by atoms with Crippen molar-refractivity contribution in [2.45, 2.75) is 45.6 Å². The molecule has 1 aliphatic rings. The Bertz CT molecular complexity index is 229. The van der Waals surface area contributed by atoms with Gasteiger partial charge >= 0.3 is 0 Å². The molecule has 1 aliphatic heterocycles. The highest BCUT2D eigenvalue weighted by molar-refractivity contribution is 5.79. The van der Waals surface area contributed by atoms with Crippen molar-refractivity contribution in [3.63, 3.8) is 0 Å². The molecule has 0 aromatic rings. The number of rotatable bonds is 6. The molecule has 17 heavy (non-hydrogen) atoms. The van der Waals surface area contributed by atoms with E-state index in [-0.39, 0.29) is 0 Å². The van der Waals surface area contributed by atoms with Crippen molar-refractivity contribution in [1.82, 2.24) is 15.6 Å². The highest BCUT2D eigenvalue weighted by atomic mass is 15.3. The number of hydrogen-bond donors (Lipinski definition) is 3. The SMILES string of the molecule is CCCCNC(=NCC1CCCN1CC)NN. The summed E-state index contributed by atoms with van der Waals surface area (Å²) in [7, 11) is 0. The van der Waals surface area contributed by atoms with Gasteiger partial charge in [-0.05, 0) is 32.4 Å². The van der Waals surface area contributed by atoms with Crippen molar-refractivity contribution in [3.05, 3.63) is 0 Å². The van der Waals surface area contributed by atoms with Crippen molar-refractivity contribution < 1.29 is 0 Å². The van der Waals surface area contributed by atoms with Gasteiger partial charge in [0, 0.05) is 12.6 Å². The molecular formula is C12H27N5. The molecule has 0 radical (unpaired) electrons. The number of aliphatic imine (C=N–C) groups is 1. The molecule has 100 valence electrons. The molecule has 0 aliphatic carbocycles. The number of guanidine groups is 1. The summed E-state index contributed by atoms with van der Waals surface area (Å²) in [6.07, 6.45) is 4.87. The summed E-state index contributed by atoms with van der Waals surface area (Å²) in [4.78, 5) is 7.01. The average Bonchev–Trinajstić information content (AvgIpc) is 2.81. The minimum atomic E-state index is 0.594. The largest absolute Gasteiger partial charge is 0.355 e. The van der Waals surface area contributed by atoms with Gasteiger partial charge in [0.1, 0.15) is 0 Å². The highest BCUT2D eigenvalue weighted by Crippen LogP contribution is 2.16. The lowest BCUT2D eigenvalue weighted by atomic mass is 10.2. The van der Waals surface area contributed by atoms with E-state index in [1.165, 1.54) is 25.8 Å². The average molecular weight is 241 g/mol. The van der Waals surface area contributed by atoms with Crippen molar-refractivity contribution in [2.24, 2.45) is 10.8 Å². The minimum absolute atomic E-state index is 0.594. The molecule has 4 N–H and O–H groups in total. The van der Waals surface area contributed by atoms with Crippen LogP contribution in [0.4, 0.5) is 0 Å². The smallest absolute Gasteiger partial charge is 0.205 e. The van der Waals surface area contributed by atoms with Gasteiger partial charge in [0.05, 0.1) is 6.54 Å². The number of likely N-dealkylation sites (tertiary alicyclic amines) is 1. The first-order valence-corrected chi connectivity index (χ1v) is 6.80. The Morgan fingerprint density at radius 1 is 1.47 bits per heavy atom. The Kier molecular flexibility index (Phi) is 6.96. The number of hydrazine groups is 1. The van der Waals surface area contributed by atoms with Crippen LogP contribution in [0.1, 0.15) is 39.5 Å². The van der Waals surface area contributed by atoms with Crippen LogP contribution < -0.4 is 16.6 Å². The van der Waals surface area contributed by atoms with Crippen molar-refractivity contribution >= 4 is 5.96 Å². The maximum Gasteiger partial charge on any atom is 0.205 e. The minimum Gasteiger partial charge on any atom is -0.355 e. The van der Waals surface area contributed by atoms with Gasteiger partial charge in [-0.3, -0.25) is 15.3 Å². The van der Waals surface area contributed by atoms with Crippen LogP contribution in [0.5, 0.6) is 0 Å². The van der Waals surface area contributed by atoms with Crippen molar-refractivity contribution in [3.8, 4) is 0 Å². The molecule has 5 heteroatoms. The fourth-order valence-corrected chi connectivity index (χ4v) is 2.25. The molecule has 5 nitrogen and oxygen atoms in total. The van der Waals surface area contributed by atoms with Crippen LogP contribution in [-0.4, -0.2) is 43.1 Å². The Balaban J connectivity index is 2.32. The van der Waals surface area contributed by atoms with Gasteiger partial charge in [-0.15, -0.1) is 0 Å². The van der Waals surface area contributed by atoms with Crippen LogP contribution in [0, 0.1) is 0 Å². The second-order valence-corrected chi connectivity index (χ2v) is 4.54. The van der Waals surface area contributed by atoms with Gasteiger partial charge in [0.2, 0.25) is 5.96 Å². The van der Waals surface area contributed by atoms with E-state index in [4.69, 9.17) is 5.84 Å². The van der Waals surface area contributed by atoms with E-state index in [0.29, 0.717) is 6.04 Å². The zero-order chi connectivity index (χ0) is 12.5. The fourth-order valence-electron chi connectivity index (χ4n) is 2.25. The van der Waals surface area contributed by atoms with E-state index in [0.717, 1.165) is 32.0 Å². The van der Waals surface area contributed by atoms with E-state index in [1.54, 1.807) is 0 Å². The zero-order valence-electron chi connectivity index (χ0n) is 11.2. The van der Waals surface area contributed by atoms with Crippen LogP contribution in [0.3, 0.4) is 0 Å². The maximum absolute atomic E-state index is 5.45. The first kappa shape index (κ1) is 14.3. The number of likely N-dealkylation sites (N-methyl/N-ethyl adjacent to an activating group) is 1. The topological polar surface area (TPSA) is 65.7 Å². The van der Waals surface area contributed by atoms with Gasteiger partial charge in [-0.25, -0.2) is 5.84 Å². The van der Waals surface area contributed by atoms with Crippen LogP contribution in [0.25, 0.3) is 0 Å². The third kappa shape index (κ3) is 4.91. The molecule has 1 atom stereocenters. The zero-order valence-corrected chi connectivity index (χ0v) is 11.2. The summed E-state index contributed by atoms with van der Waals surface area (Å²) in [5.41, 5.74) is 2.64. The lowest BCUT2D eigenvalue weighted by Crippen LogP contribution is -2.43. The summed E-state index contributed by atoms with van der Waals surface area (Å²) >= 11 is 0. The first-order chi connectivity index (χ1) is 8.31. The molecule has 0 amide bonds. The highest BCUT2D eigenvalue weighted by Gasteiger charge is 2.22. The molecule has 0 saturated carbocycles. The van der Waals surface area contributed by atoms with E-state index in [1.807, 2.05) is 0 Å². The Hall–Kier alpha value is -0.810. The number of hydrogen-bond acceptors (Lipinski definition) is 3. The van der Waals surface area contributed by atoms with Crippen LogP contribution in [0.15, 0.2) is 4.99 Å². The van der Waals surface area contributed by atoms with Crippen molar-refractivity contribution in [1.29, 1.82) is 0 Å². The molecule has 0 aromatic heterocycles. The van der Waals surface area contributed by atoms with Gasteiger partial charge in [-0.2, -0.15) is 0 Å². The van der Waals surface area contributed by atoms with Gasteiger partial charge < -0.3 is 5.32 Å². The van der Waals surface area contributed by atoms with E-state index < -0.39 is 0 Å². The number of nitrogens with two attached hydrogens (primary N) is 1. The van der Waals surface area contributed by atoms with Crippen LogP contribution in [0.2, 0.25) is 0 Å². The normalized spacial score (nSPS) is 21.8. The first-order valence-electron chi connectivity index (χ1n) is 6.80. The van der Waals surface area contributed by atoms with Crippen LogP contribution in [-0.2, 0) is 0 Å². The predicted molar refractivity (Wildman–Crippen MR) is 72.8 cm³/mol. The Morgan fingerprint density at radius 2 is 2.29 bits per heavy atom. The third-order valence-corrected chi connectivity index (χ3v) is 3.32. The van der Waals surface area contributed by atoms with Gasteiger partial charge in [0.15, 0.2) is 0 Å². The number of nitrogens with zero attached hydrogens (tertiary/aromatic N) is 2. The Morgan fingerprint density at radius 3 is 2.94 bits per heavy atom. The molecule has 0 spiro atoms. The standard InChI is InChI=1S/C12H27N5/c1-3-5-8-14-12(16-13)15-10-11-7-6-9-17(11)4-2/h11H,3-10,13H2,1-2H3,(H2,14,15,16). The summed E-state index contributed by atoms with van der Waals surface area (Å²) in [6.45, 7) is 8.49.